The van der Waals surface area contributed by atoms with Crippen LogP contribution < -0.4 is 0 Å². The highest BCUT2D eigenvalue weighted by Gasteiger charge is 2.49. The van der Waals surface area contributed by atoms with Gasteiger partial charge in [0.15, 0.2) is 5.60 Å². The summed E-state index contributed by atoms with van der Waals surface area (Å²) < 4.78 is 5.46. The molecule has 76 valence electrons. The molecule has 0 aliphatic heterocycles. The lowest BCUT2D eigenvalue weighted by atomic mass is 9.88. The maximum Gasteiger partial charge on any atom is 0.336 e. The van der Waals surface area contributed by atoms with Crippen LogP contribution in [0.5, 0.6) is 0 Å². The van der Waals surface area contributed by atoms with Crippen molar-refractivity contribution < 1.29 is 14.6 Å². The van der Waals surface area contributed by atoms with Crippen molar-refractivity contribution in [3.8, 4) is 0 Å². The lowest BCUT2D eigenvalue weighted by Gasteiger charge is -2.30. The maximum atomic E-state index is 11.2. The first-order chi connectivity index (χ1) is 6.17. The van der Waals surface area contributed by atoms with Gasteiger partial charge >= 0.3 is 5.97 Å². The summed E-state index contributed by atoms with van der Waals surface area (Å²) >= 11 is 0. The molecular weight excluding hydrogens is 168 g/mol. The summed E-state index contributed by atoms with van der Waals surface area (Å²) in [6, 6.07) is 0. The summed E-state index contributed by atoms with van der Waals surface area (Å²) in [5.74, 6) is -0.580. The molecular formula is C10H18O3. The third-order valence-corrected chi connectivity index (χ3v) is 3.02. The molecule has 1 N–H and O–H groups in total. The third-order valence-electron chi connectivity index (χ3n) is 3.02. The predicted octanol–water partition coefficient (Wildman–Crippen LogP) is 2.06. The van der Waals surface area contributed by atoms with Crippen LogP contribution >= 0.6 is 0 Å². The fourth-order valence-electron chi connectivity index (χ4n) is 2.37. The Hall–Kier alpha value is -0.570. The number of carbonyl (C=O) groups is 1. The van der Waals surface area contributed by atoms with E-state index < -0.39 is 11.6 Å². The van der Waals surface area contributed by atoms with Crippen LogP contribution in [-0.4, -0.2) is 23.3 Å². The molecule has 0 aromatic heterocycles. The molecule has 0 saturated heterocycles. The van der Waals surface area contributed by atoms with E-state index in [1.807, 2.05) is 13.8 Å². The quantitative estimate of drug-likeness (QED) is 0.731. The number of rotatable bonds is 4. The van der Waals surface area contributed by atoms with Gasteiger partial charge in [-0.25, -0.2) is 4.79 Å². The Morgan fingerprint density at radius 1 is 1.62 bits per heavy atom. The summed E-state index contributed by atoms with van der Waals surface area (Å²) in [7, 11) is 0. The monoisotopic (exact) mass is 186 g/mol. The van der Waals surface area contributed by atoms with Gasteiger partial charge in [-0.3, -0.25) is 0 Å². The third kappa shape index (κ3) is 1.70. The molecule has 1 aliphatic rings. The molecule has 1 saturated carbocycles. The number of hydrogen-bond donors (Lipinski definition) is 1. The molecule has 0 aromatic carbocycles. The van der Waals surface area contributed by atoms with Gasteiger partial charge in [0.25, 0.3) is 0 Å². The summed E-state index contributed by atoms with van der Waals surface area (Å²) in [6.07, 6.45) is 3.54. The Kier molecular flexibility index (Phi) is 3.31. The van der Waals surface area contributed by atoms with E-state index in [9.17, 15) is 9.90 Å². The van der Waals surface area contributed by atoms with E-state index in [1.54, 1.807) is 0 Å². The largest absolute Gasteiger partial charge is 0.479 e. The molecule has 1 rings (SSSR count). The van der Waals surface area contributed by atoms with E-state index in [4.69, 9.17) is 4.74 Å². The molecule has 2 atom stereocenters. The van der Waals surface area contributed by atoms with Gasteiger partial charge < -0.3 is 9.84 Å². The van der Waals surface area contributed by atoms with Crippen LogP contribution in [0.25, 0.3) is 0 Å². The van der Waals surface area contributed by atoms with Gasteiger partial charge in [-0.1, -0.05) is 6.92 Å². The number of carboxylic acids is 1. The number of ether oxygens (including phenoxy) is 1. The zero-order valence-electron chi connectivity index (χ0n) is 8.38. The molecule has 0 spiro atoms. The smallest absolute Gasteiger partial charge is 0.336 e. The van der Waals surface area contributed by atoms with Crippen molar-refractivity contribution in [2.24, 2.45) is 5.92 Å². The lowest BCUT2D eigenvalue weighted by Crippen LogP contribution is -2.44. The highest BCUT2D eigenvalue weighted by atomic mass is 16.5. The van der Waals surface area contributed by atoms with Crippen LogP contribution in [-0.2, 0) is 9.53 Å². The molecule has 1 fully saturated rings. The van der Waals surface area contributed by atoms with Crippen LogP contribution in [0, 0.1) is 5.92 Å². The van der Waals surface area contributed by atoms with Gasteiger partial charge in [-0.05, 0) is 38.5 Å². The van der Waals surface area contributed by atoms with E-state index >= 15 is 0 Å². The first kappa shape index (κ1) is 10.5. The van der Waals surface area contributed by atoms with Crippen LogP contribution in [0.3, 0.4) is 0 Å². The number of aliphatic carboxylic acids is 1. The molecule has 3 heteroatoms. The minimum Gasteiger partial charge on any atom is -0.479 e. The predicted molar refractivity (Wildman–Crippen MR) is 49.6 cm³/mol. The SMILES string of the molecule is CCOC1(C(=O)O)CCCC1CC. The van der Waals surface area contributed by atoms with E-state index in [0.717, 1.165) is 19.3 Å². The van der Waals surface area contributed by atoms with E-state index in [-0.39, 0.29) is 5.92 Å². The van der Waals surface area contributed by atoms with Gasteiger partial charge in [0.05, 0.1) is 0 Å². The zero-order chi connectivity index (χ0) is 9.90. The fraction of sp³-hybridized carbons (Fsp3) is 0.900. The Morgan fingerprint density at radius 2 is 2.31 bits per heavy atom. The standard InChI is InChI=1S/C10H18O3/c1-3-8-6-5-7-10(8,9(11)12)13-4-2/h8H,3-7H2,1-2H3,(H,11,12). The van der Waals surface area contributed by atoms with Crippen molar-refractivity contribution in [1.82, 2.24) is 0 Å². The lowest BCUT2D eigenvalue weighted by molar-refractivity contribution is -0.171. The van der Waals surface area contributed by atoms with Crippen molar-refractivity contribution in [2.75, 3.05) is 6.61 Å². The summed E-state index contributed by atoms with van der Waals surface area (Å²) in [5.41, 5.74) is -0.872. The van der Waals surface area contributed by atoms with E-state index in [1.165, 1.54) is 0 Å². The van der Waals surface area contributed by atoms with Crippen LogP contribution in [0.15, 0.2) is 0 Å². The van der Waals surface area contributed by atoms with Gasteiger partial charge in [0.2, 0.25) is 0 Å². The highest BCUT2D eigenvalue weighted by Crippen LogP contribution is 2.40. The van der Waals surface area contributed by atoms with Gasteiger partial charge in [0.1, 0.15) is 0 Å². The summed E-state index contributed by atoms with van der Waals surface area (Å²) in [5, 5.41) is 9.17. The number of hydrogen-bond acceptors (Lipinski definition) is 2. The Labute approximate surface area is 79.1 Å². The summed E-state index contributed by atoms with van der Waals surface area (Å²) in [6.45, 7) is 4.38. The van der Waals surface area contributed by atoms with Crippen molar-refractivity contribution in [3.63, 3.8) is 0 Å². The molecule has 1 aliphatic carbocycles. The first-order valence-electron chi connectivity index (χ1n) is 5.04. The zero-order valence-corrected chi connectivity index (χ0v) is 8.38. The highest BCUT2D eigenvalue weighted by molar-refractivity contribution is 5.78. The Balaban J connectivity index is 2.81. The number of carboxylic acid groups (broad SMARTS) is 1. The second kappa shape index (κ2) is 4.09. The van der Waals surface area contributed by atoms with Gasteiger partial charge in [-0.2, -0.15) is 0 Å². The second-order valence-electron chi connectivity index (χ2n) is 3.63. The minimum atomic E-state index is -0.872. The van der Waals surface area contributed by atoms with Crippen LogP contribution in [0.1, 0.15) is 39.5 Å². The van der Waals surface area contributed by atoms with E-state index in [0.29, 0.717) is 13.0 Å². The fourth-order valence-corrected chi connectivity index (χ4v) is 2.37. The van der Waals surface area contributed by atoms with Crippen molar-refractivity contribution in [1.29, 1.82) is 0 Å². The van der Waals surface area contributed by atoms with Crippen molar-refractivity contribution in [3.05, 3.63) is 0 Å². The Bertz CT molecular complexity index is 191. The average molecular weight is 186 g/mol. The van der Waals surface area contributed by atoms with Gasteiger partial charge in [0, 0.05) is 6.61 Å². The second-order valence-corrected chi connectivity index (χ2v) is 3.63. The minimum absolute atomic E-state index is 0.199. The van der Waals surface area contributed by atoms with Crippen LogP contribution in [0.4, 0.5) is 0 Å². The first-order valence-corrected chi connectivity index (χ1v) is 5.04. The molecule has 0 heterocycles. The van der Waals surface area contributed by atoms with Crippen LogP contribution in [0.2, 0.25) is 0 Å². The molecule has 3 nitrogen and oxygen atoms in total. The molecule has 0 aromatic rings. The van der Waals surface area contributed by atoms with Crippen molar-refractivity contribution >= 4 is 5.97 Å². The molecule has 13 heavy (non-hydrogen) atoms. The molecule has 0 amide bonds. The average Bonchev–Trinajstić information content (AvgIpc) is 2.49. The molecule has 2 unspecified atom stereocenters. The summed E-state index contributed by atoms with van der Waals surface area (Å²) in [4.78, 5) is 11.2. The normalized spacial score (nSPS) is 33.5. The Morgan fingerprint density at radius 3 is 2.77 bits per heavy atom. The topological polar surface area (TPSA) is 46.5 Å². The maximum absolute atomic E-state index is 11.2. The van der Waals surface area contributed by atoms with Crippen molar-refractivity contribution in [2.45, 2.75) is 45.1 Å². The van der Waals surface area contributed by atoms with E-state index in [2.05, 4.69) is 0 Å². The van der Waals surface area contributed by atoms with Gasteiger partial charge in [-0.15, -0.1) is 0 Å². The molecule has 0 radical (unpaired) electrons. The molecule has 0 bridgehead atoms.